The highest BCUT2D eigenvalue weighted by Gasteiger charge is 2.34. The summed E-state index contributed by atoms with van der Waals surface area (Å²) in [6, 6.07) is 6.53. The van der Waals surface area contributed by atoms with Crippen LogP contribution in [0.15, 0.2) is 24.3 Å². The van der Waals surface area contributed by atoms with Gasteiger partial charge in [0, 0.05) is 5.56 Å². The molecule has 1 aromatic rings. The van der Waals surface area contributed by atoms with Crippen molar-refractivity contribution in [1.29, 1.82) is 0 Å². The Balaban J connectivity index is 3.02. The lowest BCUT2D eigenvalue weighted by Crippen LogP contribution is -2.26. The number of aryl methyl sites for hydroxylation is 1. The number of carboxylic acids is 1. The monoisotopic (exact) mass is 196 g/mol. The van der Waals surface area contributed by atoms with Gasteiger partial charge in [-0.1, -0.05) is 31.2 Å². The van der Waals surface area contributed by atoms with Gasteiger partial charge in [0.2, 0.25) is 5.67 Å². The zero-order valence-electron chi connectivity index (χ0n) is 8.25. The molecule has 1 unspecified atom stereocenters. The van der Waals surface area contributed by atoms with E-state index in [0.717, 1.165) is 18.9 Å². The summed E-state index contributed by atoms with van der Waals surface area (Å²) >= 11 is 0. The maximum absolute atomic E-state index is 13.6. The summed E-state index contributed by atoms with van der Waals surface area (Å²) in [5.74, 6) is -1.46. The Morgan fingerprint density at radius 3 is 2.29 bits per heavy atom. The summed E-state index contributed by atoms with van der Waals surface area (Å²) in [6.07, 6.45) is 0.857. The molecule has 0 heterocycles. The van der Waals surface area contributed by atoms with Crippen LogP contribution in [0.25, 0.3) is 0 Å². The summed E-state index contributed by atoms with van der Waals surface area (Å²) in [4.78, 5) is 10.6. The van der Waals surface area contributed by atoms with Crippen LogP contribution in [0.2, 0.25) is 0 Å². The number of benzene rings is 1. The summed E-state index contributed by atoms with van der Waals surface area (Å²) < 4.78 is 13.6. The van der Waals surface area contributed by atoms with Crippen LogP contribution in [-0.4, -0.2) is 11.1 Å². The van der Waals surface area contributed by atoms with E-state index in [4.69, 9.17) is 5.11 Å². The van der Waals surface area contributed by atoms with Gasteiger partial charge in [0.25, 0.3) is 0 Å². The molecule has 0 radical (unpaired) electrons. The van der Waals surface area contributed by atoms with E-state index < -0.39 is 11.6 Å². The van der Waals surface area contributed by atoms with Crippen molar-refractivity contribution in [3.63, 3.8) is 0 Å². The molecule has 0 aliphatic carbocycles. The lowest BCUT2D eigenvalue weighted by atomic mass is 9.97. The highest BCUT2D eigenvalue weighted by molar-refractivity contribution is 5.78. The third-order valence-electron chi connectivity index (χ3n) is 2.31. The number of carbonyl (C=O) groups is 1. The van der Waals surface area contributed by atoms with E-state index >= 15 is 0 Å². The average Bonchev–Trinajstić information content (AvgIpc) is 2.17. The highest BCUT2D eigenvalue weighted by atomic mass is 19.1. The number of aliphatic carboxylic acids is 1. The number of carboxylic acid groups (broad SMARTS) is 1. The first-order valence-electron chi connectivity index (χ1n) is 4.50. The lowest BCUT2D eigenvalue weighted by Gasteiger charge is -2.15. The molecule has 1 N–H and O–H groups in total. The Morgan fingerprint density at radius 1 is 1.43 bits per heavy atom. The fourth-order valence-corrected chi connectivity index (χ4v) is 1.18. The van der Waals surface area contributed by atoms with Crippen LogP contribution in [0.4, 0.5) is 4.39 Å². The number of halogens is 1. The molecule has 1 atom stereocenters. The molecule has 76 valence electrons. The van der Waals surface area contributed by atoms with Crippen molar-refractivity contribution in [1.82, 2.24) is 0 Å². The fourth-order valence-electron chi connectivity index (χ4n) is 1.18. The molecule has 0 aromatic heterocycles. The zero-order valence-corrected chi connectivity index (χ0v) is 8.25. The van der Waals surface area contributed by atoms with E-state index in [1.165, 1.54) is 12.1 Å². The Bertz CT molecular complexity index is 328. The number of rotatable bonds is 3. The van der Waals surface area contributed by atoms with Crippen LogP contribution in [0, 0.1) is 0 Å². The average molecular weight is 196 g/mol. The van der Waals surface area contributed by atoms with Crippen molar-refractivity contribution in [2.24, 2.45) is 0 Å². The van der Waals surface area contributed by atoms with Crippen LogP contribution in [0.3, 0.4) is 0 Å². The summed E-state index contributed by atoms with van der Waals surface area (Å²) in [6.45, 7) is 3.04. The van der Waals surface area contributed by atoms with Gasteiger partial charge in [-0.25, -0.2) is 9.18 Å². The fraction of sp³-hybridized carbons (Fsp3) is 0.364. The summed E-state index contributed by atoms with van der Waals surface area (Å²) in [5, 5.41) is 8.65. The van der Waals surface area contributed by atoms with Gasteiger partial charge >= 0.3 is 5.97 Å². The summed E-state index contributed by atoms with van der Waals surface area (Å²) in [5.41, 5.74) is -1.05. The van der Waals surface area contributed by atoms with Crippen LogP contribution in [0.1, 0.15) is 25.0 Å². The maximum Gasteiger partial charge on any atom is 0.345 e. The number of alkyl halides is 1. The van der Waals surface area contributed by atoms with Gasteiger partial charge in [-0.15, -0.1) is 0 Å². The first-order valence-corrected chi connectivity index (χ1v) is 4.50. The van der Waals surface area contributed by atoms with Crippen molar-refractivity contribution in [2.75, 3.05) is 0 Å². The first kappa shape index (κ1) is 10.7. The molecule has 3 heteroatoms. The molecule has 0 saturated heterocycles. The topological polar surface area (TPSA) is 37.3 Å². The molecule has 0 saturated carbocycles. The van der Waals surface area contributed by atoms with Crippen molar-refractivity contribution in [3.8, 4) is 0 Å². The minimum atomic E-state index is -2.30. The third kappa shape index (κ3) is 1.92. The zero-order chi connectivity index (χ0) is 10.8. The SMILES string of the molecule is CCc1ccc(C(C)(F)C(=O)O)cc1. The molecule has 14 heavy (non-hydrogen) atoms. The molecule has 2 nitrogen and oxygen atoms in total. The molecule has 0 amide bonds. The second-order valence-electron chi connectivity index (χ2n) is 3.36. The van der Waals surface area contributed by atoms with Crippen LogP contribution in [-0.2, 0) is 16.9 Å². The standard InChI is InChI=1S/C11H13FO2/c1-3-8-4-6-9(7-5-8)11(2,12)10(13)14/h4-7H,3H2,1-2H3,(H,13,14). The number of hydrogen-bond acceptors (Lipinski definition) is 1. The Hall–Kier alpha value is -1.38. The van der Waals surface area contributed by atoms with Crippen LogP contribution in [0.5, 0.6) is 0 Å². The molecule has 0 aliphatic rings. The van der Waals surface area contributed by atoms with Gasteiger partial charge < -0.3 is 5.11 Å². The predicted molar refractivity (Wildman–Crippen MR) is 51.9 cm³/mol. The second-order valence-corrected chi connectivity index (χ2v) is 3.36. The van der Waals surface area contributed by atoms with Crippen molar-refractivity contribution in [2.45, 2.75) is 25.9 Å². The normalized spacial score (nSPS) is 14.8. The van der Waals surface area contributed by atoms with E-state index in [1.807, 2.05) is 6.92 Å². The van der Waals surface area contributed by atoms with Gasteiger partial charge in [0.05, 0.1) is 0 Å². The van der Waals surface area contributed by atoms with Gasteiger partial charge in [-0.05, 0) is 18.9 Å². The Kier molecular flexibility index (Phi) is 2.89. The van der Waals surface area contributed by atoms with Crippen molar-refractivity contribution >= 4 is 5.97 Å². The molecule has 1 aromatic carbocycles. The van der Waals surface area contributed by atoms with Crippen LogP contribution < -0.4 is 0 Å². The van der Waals surface area contributed by atoms with Gasteiger partial charge in [-0.3, -0.25) is 0 Å². The van der Waals surface area contributed by atoms with Crippen molar-refractivity contribution in [3.05, 3.63) is 35.4 Å². The van der Waals surface area contributed by atoms with Gasteiger partial charge in [0.15, 0.2) is 0 Å². The van der Waals surface area contributed by atoms with E-state index in [-0.39, 0.29) is 5.56 Å². The van der Waals surface area contributed by atoms with Crippen molar-refractivity contribution < 1.29 is 14.3 Å². The maximum atomic E-state index is 13.6. The molecular weight excluding hydrogens is 183 g/mol. The van der Waals surface area contributed by atoms with E-state index in [9.17, 15) is 9.18 Å². The Labute approximate surface area is 82.4 Å². The minimum Gasteiger partial charge on any atom is -0.479 e. The predicted octanol–water partition coefficient (Wildman–Crippen LogP) is 2.52. The number of hydrogen-bond donors (Lipinski definition) is 1. The molecule has 1 rings (SSSR count). The first-order chi connectivity index (χ1) is 6.48. The molecule has 0 fully saturated rings. The smallest absolute Gasteiger partial charge is 0.345 e. The van der Waals surface area contributed by atoms with Crippen LogP contribution >= 0.6 is 0 Å². The third-order valence-corrected chi connectivity index (χ3v) is 2.31. The highest BCUT2D eigenvalue weighted by Crippen LogP contribution is 2.25. The summed E-state index contributed by atoms with van der Waals surface area (Å²) in [7, 11) is 0. The lowest BCUT2D eigenvalue weighted by molar-refractivity contribution is -0.150. The quantitative estimate of drug-likeness (QED) is 0.806. The molecule has 0 bridgehead atoms. The largest absolute Gasteiger partial charge is 0.479 e. The molecule has 0 spiro atoms. The second kappa shape index (κ2) is 3.78. The Morgan fingerprint density at radius 2 is 1.93 bits per heavy atom. The van der Waals surface area contributed by atoms with Gasteiger partial charge in [-0.2, -0.15) is 0 Å². The van der Waals surface area contributed by atoms with E-state index in [0.29, 0.717) is 0 Å². The van der Waals surface area contributed by atoms with Gasteiger partial charge in [0.1, 0.15) is 0 Å². The molecular formula is C11H13FO2. The molecule has 0 aliphatic heterocycles. The van der Waals surface area contributed by atoms with E-state index in [2.05, 4.69) is 0 Å². The van der Waals surface area contributed by atoms with E-state index in [1.54, 1.807) is 12.1 Å². The minimum absolute atomic E-state index is 0.183.